The van der Waals surface area contributed by atoms with Gasteiger partial charge in [-0.05, 0) is 6.07 Å². The third kappa shape index (κ3) is 1.73. The first-order chi connectivity index (χ1) is 7.91. The maximum Gasteiger partial charge on any atom is 0.266 e. The zero-order chi connectivity index (χ0) is 12.7. The van der Waals surface area contributed by atoms with Crippen LogP contribution in [0.25, 0.3) is 11.3 Å². The van der Waals surface area contributed by atoms with E-state index in [1.165, 1.54) is 7.05 Å². The van der Waals surface area contributed by atoms with Crippen LogP contribution in [-0.4, -0.2) is 9.78 Å². The fraction of sp³-hybridized carbons (Fsp3) is 0.100. The summed E-state index contributed by atoms with van der Waals surface area (Å²) in [5.74, 6) is -6.87. The van der Waals surface area contributed by atoms with Crippen molar-refractivity contribution >= 4 is 0 Å². The van der Waals surface area contributed by atoms with Gasteiger partial charge in [0.25, 0.3) is 5.56 Å². The Kier molecular flexibility index (Phi) is 2.53. The molecule has 0 radical (unpaired) electrons. The highest BCUT2D eigenvalue weighted by Gasteiger charge is 2.20. The van der Waals surface area contributed by atoms with Crippen molar-refractivity contribution in [3.63, 3.8) is 0 Å². The van der Waals surface area contributed by atoms with Gasteiger partial charge in [0.2, 0.25) is 0 Å². The molecule has 17 heavy (non-hydrogen) atoms. The van der Waals surface area contributed by atoms with Gasteiger partial charge in [-0.2, -0.15) is 0 Å². The Hall–Kier alpha value is -2.05. The predicted octanol–water partition coefficient (Wildman–Crippen LogP) is 1.94. The van der Waals surface area contributed by atoms with Crippen LogP contribution in [0.2, 0.25) is 0 Å². The van der Waals surface area contributed by atoms with E-state index in [9.17, 15) is 22.4 Å². The Labute approximate surface area is 92.3 Å². The van der Waals surface area contributed by atoms with E-state index in [-0.39, 0.29) is 5.69 Å². The molecule has 1 aromatic heterocycles. The van der Waals surface area contributed by atoms with Gasteiger partial charge >= 0.3 is 0 Å². The lowest BCUT2D eigenvalue weighted by atomic mass is 10.1. The Morgan fingerprint density at radius 2 is 1.71 bits per heavy atom. The summed E-state index contributed by atoms with van der Waals surface area (Å²) in [5, 5.41) is 2.38. The third-order valence-electron chi connectivity index (χ3n) is 2.28. The van der Waals surface area contributed by atoms with Crippen molar-refractivity contribution in [1.29, 1.82) is 0 Å². The van der Waals surface area contributed by atoms with Crippen LogP contribution in [0.15, 0.2) is 16.9 Å². The molecule has 0 saturated heterocycles. The van der Waals surface area contributed by atoms with Gasteiger partial charge in [0.1, 0.15) is 0 Å². The molecular weight excluding hydrogens is 240 g/mol. The summed E-state index contributed by atoms with van der Waals surface area (Å²) in [7, 11) is 1.35. The Morgan fingerprint density at radius 1 is 1.06 bits per heavy atom. The Bertz CT molecular complexity index is 644. The van der Waals surface area contributed by atoms with Gasteiger partial charge in [0, 0.05) is 18.7 Å². The molecule has 0 aliphatic carbocycles. The topological polar surface area (TPSA) is 37.8 Å². The number of rotatable bonds is 1. The Balaban J connectivity index is 2.72. The van der Waals surface area contributed by atoms with Crippen molar-refractivity contribution in [3.05, 3.63) is 45.8 Å². The maximum atomic E-state index is 13.4. The second-order valence-electron chi connectivity index (χ2n) is 3.41. The number of hydrogen-bond acceptors (Lipinski definition) is 1. The molecular formula is C10H6F4N2O. The summed E-state index contributed by atoms with van der Waals surface area (Å²) in [6.45, 7) is 0. The van der Waals surface area contributed by atoms with Gasteiger partial charge in [-0.1, -0.05) is 0 Å². The number of aryl methyl sites for hydroxylation is 1. The number of hydrogen-bond donors (Lipinski definition) is 1. The molecule has 1 aromatic carbocycles. The van der Waals surface area contributed by atoms with Gasteiger partial charge in [0.05, 0.1) is 5.69 Å². The summed E-state index contributed by atoms with van der Waals surface area (Å²) >= 11 is 0. The summed E-state index contributed by atoms with van der Waals surface area (Å²) in [6, 6.07) is 1.44. The lowest BCUT2D eigenvalue weighted by Crippen LogP contribution is -2.09. The lowest BCUT2D eigenvalue weighted by molar-refractivity contribution is 0.410. The average Bonchev–Trinajstić information content (AvgIpc) is 2.61. The van der Waals surface area contributed by atoms with E-state index in [1.807, 2.05) is 0 Å². The highest BCUT2D eigenvalue weighted by Crippen LogP contribution is 2.25. The minimum Gasteiger partial charge on any atom is -0.295 e. The second kappa shape index (κ2) is 3.76. The van der Waals surface area contributed by atoms with Crippen molar-refractivity contribution < 1.29 is 17.6 Å². The Morgan fingerprint density at radius 3 is 2.24 bits per heavy atom. The first kappa shape index (κ1) is 11.4. The smallest absolute Gasteiger partial charge is 0.266 e. The molecule has 0 spiro atoms. The summed E-state index contributed by atoms with van der Waals surface area (Å²) in [6.07, 6.45) is 0. The number of aromatic amines is 1. The molecule has 0 bridgehead atoms. The van der Waals surface area contributed by atoms with Crippen LogP contribution in [0, 0.1) is 23.3 Å². The number of aromatic nitrogens is 2. The number of nitrogens with one attached hydrogen (secondary N) is 1. The molecule has 1 N–H and O–H groups in total. The van der Waals surface area contributed by atoms with Gasteiger partial charge in [-0.3, -0.25) is 14.6 Å². The quantitative estimate of drug-likeness (QED) is 0.466. The zero-order valence-corrected chi connectivity index (χ0v) is 8.52. The molecule has 2 rings (SSSR count). The number of H-pyrrole nitrogens is 1. The fourth-order valence-electron chi connectivity index (χ4n) is 1.40. The highest BCUT2D eigenvalue weighted by molar-refractivity contribution is 5.59. The molecule has 0 amide bonds. The van der Waals surface area contributed by atoms with E-state index in [4.69, 9.17) is 0 Å². The van der Waals surface area contributed by atoms with Crippen molar-refractivity contribution in [3.8, 4) is 11.3 Å². The van der Waals surface area contributed by atoms with E-state index in [2.05, 4.69) is 5.10 Å². The largest absolute Gasteiger partial charge is 0.295 e. The van der Waals surface area contributed by atoms with Gasteiger partial charge in [0.15, 0.2) is 23.3 Å². The lowest BCUT2D eigenvalue weighted by Gasteiger charge is -2.03. The minimum absolute atomic E-state index is 0.132. The summed E-state index contributed by atoms with van der Waals surface area (Å²) in [4.78, 5) is 11.1. The monoisotopic (exact) mass is 246 g/mol. The molecule has 0 unspecified atom stereocenters. The molecule has 0 saturated carbocycles. The van der Waals surface area contributed by atoms with Crippen molar-refractivity contribution in [1.82, 2.24) is 9.78 Å². The molecule has 0 aliphatic rings. The number of benzene rings is 1. The molecule has 0 atom stereocenters. The number of halogens is 4. The second-order valence-corrected chi connectivity index (χ2v) is 3.41. The first-order valence-electron chi connectivity index (χ1n) is 4.51. The maximum absolute atomic E-state index is 13.4. The van der Waals surface area contributed by atoms with Gasteiger partial charge in [-0.25, -0.2) is 17.6 Å². The third-order valence-corrected chi connectivity index (χ3v) is 2.28. The SMILES string of the molecule is Cn1[nH]c(-c2cc(F)c(F)c(F)c2F)cc1=O. The average molecular weight is 246 g/mol. The van der Waals surface area contributed by atoms with E-state index in [0.717, 1.165) is 10.7 Å². The van der Waals surface area contributed by atoms with E-state index in [1.54, 1.807) is 0 Å². The molecule has 0 aliphatic heterocycles. The summed E-state index contributed by atoms with van der Waals surface area (Å²) < 4.78 is 52.9. The van der Waals surface area contributed by atoms with E-state index in [0.29, 0.717) is 6.07 Å². The van der Waals surface area contributed by atoms with Gasteiger partial charge < -0.3 is 0 Å². The standard InChI is InChI=1S/C10H6F4N2O/c1-16-7(17)3-6(15-16)4-2-5(11)9(13)10(14)8(4)12/h2-3,15H,1H3. The van der Waals surface area contributed by atoms with Crippen LogP contribution in [0.5, 0.6) is 0 Å². The van der Waals surface area contributed by atoms with Crippen LogP contribution in [-0.2, 0) is 7.05 Å². The van der Waals surface area contributed by atoms with Crippen LogP contribution >= 0.6 is 0 Å². The van der Waals surface area contributed by atoms with Crippen LogP contribution in [0.3, 0.4) is 0 Å². The highest BCUT2D eigenvalue weighted by atomic mass is 19.2. The molecule has 90 valence electrons. The minimum atomic E-state index is -1.91. The molecule has 3 nitrogen and oxygen atoms in total. The molecule has 2 aromatic rings. The number of nitrogens with zero attached hydrogens (tertiary/aromatic N) is 1. The van der Waals surface area contributed by atoms with Crippen molar-refractivity contribution in [2.45, 2.75) is 0 Å². The van der Waals surface area contributed by atoms with Crippen molar-refractivity contribution in [2.75, 3.05) is 0 Å². The predicted molar refractivity (Wildman–Crippen MR) is 51.3 cm³/mol. The zero-order valence-electron chi connectivity index (χ0n) is 8.52. The van der Waals surface area contributed by atoms with Crippen LogP contribution in [0.4, 0.5) is 17.6 Å². The molecule has 0 fully saturated rings. The normalized spacial score (nSPS) is 10.9. The molecule has 1 heterocycles. The van der Waals surface area contributed by atoms with Crippen LogP contribution in [0.1, 0.15) is 0 Å². The van der Waals surface area contributed by atoms with Gasteiger partial charge in [-0.15, -0.1) is 0 Å². The fourth-order valence-corrected chi connectivity index (χ4v) is 1.40. The van der Waals surface area contributed by atoms with Crippen molar-refractivity contribution in [2.24, 2.45) is 7.05 Å². The van der Waals surface area contributed by atoms with Crippen LogP contribution < -0.4 is 5.56 Å². The first-order valence-corrected chi connectivity index (χ1v) is 4.51. The summed E-state index contributed by atoms with van der Waals surface area (Å²) in [5.41, 5.74) is -1.18. The molecule has 7 heteroatoms. The van der Waals surface area contributed by atoms with E-state index >= 15 is 0 Å². The van der Waals surface area contributed by atoms with E-state index < -0.39 is 34.4 Å².